The Kier molecular flexibility index (Phi) is 3.34. The van der Waals surface area contributed by atoms with Crippen molar-refractivity contribution in [2.75, 3.05) is 0 Å². The molecule has 1 heterocycles. The Morgan fingerprint density at radius 2 is 1.94 bits per heavy atom. The summed E-state index contributed by atoms with van der Waals surface area (Å²) < 4.78 is 1.53. The number of hydrogen-bond acceptors (Lipinski definition) is 3. The van der Waals surface area contributed by atoms with E-state index in [0.717, 1.165) is 5.69 Å². The van der Waals surface area contributed by atoms with E-state index in [0.29, 0.717) is 10.8 Å². The fraction of sp³-hybridized carbons (Fsp3) is 0.250. The second-order valence-electron chi connectivity index (χ2n) is 4.14. The number of aromatic carboxylic acids is 1. The van der Waals surface area contributed by atoms with Crippen LogP contribution in [-0.4, -0.2) is 25.8 Å². The van der Waals surface area contributed by atoms with Gasteiger partial charge in [0.05, 0.1) is 5.69 Å². The van der Waals surface area contributed by atoms with Crippen LogP contribution in [0.4, 0.5) is 0 Å². The van der Waals surface area contributed by atoms with E-state index >= 15 is 0 Å². The number of benzene rings is 1. The van der Waals surface area contributed by atoms with Gasteiger partial charge in [-0.05, 0) is 24.3 Å². The lowest BCUT2D eigenvalue weighted by Gasteiger charge is -2.07. The van der Waals surface area contributed by atoms with Crippen molar-refractivity contribution in [1.29, 1.82) is 0 Å². The maximum atomic E-state index is 10.9. The van der Waals surface area contributed by atoms with Gasteiger partial charge in [-0.2, -0.15) is 0 Å². The van der Waals surface area contributed by atoms with Gasteiger partial charge < -0.3 is 5.11 Å². The molecule has 0 unspecified atom stereocenters. The van der Waals surface area contributed by atoms with E-state index < -0.39 is 5.97 Å². The Labute approximate surface area is 109 Å². The fourth-order valence-electron chi connectivity index (χ4n) is 1.56. The van der Waals surface area contributed by atoms with Crippen molar-refractivity contribution in [2.45, 2.75) is 19.8 Å². The average Bonchev–Trinajstić information content (AvgIpc) is 2.75. The van der Waals surface area contributed by atoms with E-state index in [1.165, 1.54) is 4.68 Å². The van der Waals surface area contributed by atoms with Crippen LogP contribution in [-0.2, 0) is 0 Å². The first-order chi connectivity index (χ1) is 8.49. The zero-order valence-corrected chi connectivity index (χ0v) is 10.7. The van der Waals surface area contributed by atoms with Crippen molar-refractivity contribution < 1.29 is 9.90 Å². The number of carbonyl (C=O) groups is 1. The molecule has 2 aromatic rings. The van der Waals surface area contributed by atoms with Crippen LogP contribution >= 0.6 is 11.6 Å². The Balaban J connectivity index is 2.54. The summed E-state index contributed by atoms with van der Waals surface area (Å²) in [7, 11) is 0. The van der Waals surface area contributed by atoms with Crippen LogP contribution in [0.2, 0.25) is 5.02 Å². The molecule has 0 atom stereocenters. The Hall–Kier alpha value is -1.88. The van der Waals surface area contributed by atoms with Crippen LogP contribution in [0.25, 0.3) is 5.69 Å². The molecule has 0 saturated carbocycles. The maximum absolute atomic E-state index is 10.9. The van der Waals surface area contributed by atoms with E-state index in [-0.39, 0.29) is 11.7 Å². The zero-order chi connectivity index (χ0) is 13.3. The third kappa shape index (κ3) is 2.36. The molecule has 1 N–H and O–H groups in total. The van der Waals surface area contributed by atoms with Gasteiger partial charge in [-0.15, -0.1) is 5.10 Å². The Morgan fingerprint density at radius 3 is 2.44 bits per heavy atom. The highest BCUT2D eigenvalue weighted by Gasteiger charge is 2.18. The third-order valence-electron chi connectivity index (χ3n) is 2.41. The molecule has 0 bridgehead atoms. The lowest BCUT2D eigenvalue weighted by molar-refractivity contribution is 0.0683. The molecule has 18 heavy (non-hydrogen) atoms. The Bertz CT molecular complexity index is 576. The van der Waals surface area contributed by atoms with Gasteiger partial charge in [0.15, 0.2) is 0 Å². The molecule has 0 aliphatic carbocycles. The molecular formula is C12H12ClN3O2. The monoisotopic (exact) mass is 265 g/mol. The van der Waals surface area contributed by atoms with Gasteiger partial charge in [-0.1, -0.05) is 25.4 Å². The topological polar surface area (TPSA) is 68.0 Å². The van der Waals surface area contributed by atoms with Crippen molar-refractivity contribution in [3.05, 3.63) is 40.9 Å². The molecule has 94 valence electrons. The number of rotatable bonds is 3. The summed E-state index contributed by atoms with van der Waals surface area (Å²) in [4.78, 5) is 14.9. The van der Waals surface area contributed by atoms with E-state index in [1.54, 1.807) is 24.3 Å². The summed E-state index contributed by atoms with van der Waals surface area (Å²) in [6, 6.07) is 7.00. The molecule has 2 rings (SSSR count). The molecule has 0 aliphatic rings. The SMILES string of the molecule is CC(C)c1nc(C(=O)O)nn1-c1ccc(Cl)cc1. The van der Waals surface area contributed by atoms with E-state index in [9.17, 15) is 4.79 Å². The minimum atomic E-state index is -1.13. The smallest absolute Gasteiger partial charge is 0.375 e. The summed E-state index contributed by atoms with van der Waals surface area (Å²) in [6.07, 6.45) is 0. The summed E-state index contributed by atoms with van der Waals surface area (Å²) >= 11 is 5.82. The number of aromatic nitrogens is 3. The number of nitrogens with zero attached hydrogens (tertiary/aromatic N) is 3. The van der Waals surface area contributed by atoms with Crippen molar-refractivity contribution in [2.24, 2.45) is 0 Å². The highest BCUT2D eigenvalue weighted by atomic mass is 35.5. The second-order valence-corrected chi connectivity index (χ2v) is 4.58. The standard InChI is InChI=1S/C12H12ClN3O2/c1-7(2)11-14-10(12(17)18)15-16(11)9-5-3-8(13)4-6-9/h3-7H,1-2H3,(H,17,18). The number of hydrogen-bond donors (Lipinski definition) is 1. The van der Waals surface area contributed by atoms with Crippen LogP contribution in [0.15, 0.2) is 24.3 Å². The lowest BCUT2D eigenvalue weighted by atomic mass is 10.2. The second kappa shape index (κ2) is 4.78. The highest BCUT2D eigenvalue weighted by molar-refractivity contribution is 6.30. The molecule has 0 radical (unpaired) electrons. The minimum Gasteiger partial charge on any atom is -0.475 e. The average molecular weight is 266 g/mol. The van der Waals surface area contributed by atoms with Gasteiger partial charge in [0, 0.05) is 10.9 Å². The first-order valence-corrected chi connectivity index (χ1v) is 5.83. The maximum Gasteiger partial charge on any atom is 0.375 e. The molecule has 0 fully saturated rings. The quantitative estimate of drug-likeness (QED) is 0.926. The number of halogens is 1. The van der Waals surface area contributed by atoms with Gasteiger partial charge in [0.1, 0.15) is 5.82 Å². The van der Waals surface area contributed by atoms with Gasteiger partial charge in [-0.3, -0.25) is 0 Å². The summed E-state index contributed by atoms with van der Waals surface area (Å²) in [5, 5.41) is 13.5. The molecule has 0 spiro atoms. The van der Waals surface area contributed by atoms with E-state index in [2.05, 4.69) is 10.1 Å². The molecular weight excluding hydrogens is 254 g/mol. The Morgan fingerprint density at radius 1 is 1.33 bits per heavy atom. The minimum absolute atomic E-state index is 0.0706. The first-order valence-electron chi connectivity index (χ1n) is 5.45. The van der Waals surface area contributed by atoms with Gasteiger partial charge in [0.25, 0.3) is 5.82 Å². The van der Waals surface area contributed by atoms with E-state index in [4.69, 9.17) is 16.7 Å². The van der Waals surface area contributed by atoms with Gasteiger partial charge >= 0.3 is 5.97 Å². The predicted octanol–water partition coefficient (Wildman–Crippen LogP) is 2.74. The predicted molar refractivity (Wildman–Crippen MR) is 67.4 cm³/mol. The van der Waals surface area contributed by atoms with Crippen molar-refractivity contribution in [3.8, 4) is 5.69 Å². The third-order valence-corrected chi connectivity index (χ3v) is 2.66. The summed E-state index contributed by atoms with van der Waals surface area (Å²) in [6.45, 7) is 3.87. The number of carboxylic acid groups (broad SMARTS) is 1. The van der Waals surface area contributed by atoms with Crippen molar-refractivity contribution in [3.63, 3.8) is 0 Å². The normalized spacial score (nSPS) is 10.9. The molecule has 0 saturated heterocycles. The molecule has 0 aliphatic heterocycles. The molecule has 6 heteroatoms. The van der Waals surface area contributed by atoms with Crippen LogP contribution in [0.1, 0.15) is 36.2 Å². The van der Waals surface area contributed by atoms with Crippen LogP contribution in [0.3, 0.4) is 0 Å². The van der Waals surface area contributed by atoms with E-state index in [1.807, 2.05) is 13.8 Å². The zero-order valence-electron chi connectivity index (χ0n) is 9.96. The van der Waals surface area contributed by atoms with Crippen LogP contribution in [0.5, 0.6) is 0 Å². The summed E-state index contributed by atoms with van der Waals surface area (Å²) in [5.41, 5.74) is 0.739. The summed E-state index contributed by atoms with van der Waals surface area (Å²) in [5.74, 6) is -0.658. The van der Waals surface area contributed by atoms with Crippen LogP contribution in [0, 0.1) is 0 Å². The first kappa shape index (κ1) is 12.6. The molecule has 1 aromatic carbocycles. The van der Waals surface area contributed by atoms with Gasteiger partial charge in [-0.25, -0.2) is 14.5 Å². The number of carboxylic acids is 1. The largest absolute Gasteiger partial charge is 0.475 e. The fourth-order valence-corrected chi connectivity index (χ4v) is 1.69. The van der Waals surface area contributed by atoms with Crippen LogP contribution < -0.4 is 0 Å². The van der Waals surface area contributed by atoms with Crippen molar-refractivity contribution in [1.82, 2.24) is 14.8 Å². The van der Waals surface area contributed by atoms with Crippen molar-refractivity contribution >= 4 is 17.6 Å². The molecule has 1 aromatic heterocycles. The molecule has 5 nitrogen and oxygen atoms in total. The lowest BCUT2D eigenvalue weighted by Crippen LogP contribution is -2.04. The van der Waals surface area contributed by atoms with Gasteiger partial charge in [0.2, 0.25) is 0 Å². The molecule has 0 amide bonds. The highest BCUT2D eigenvalue weighted by Crippen LogP contribution is 2.19.